The van der Waals surface area contributed by atoms with Crippen molar-refractivity contribution in [3.8, 4) is 0 Å². The van der Waals surface area contributed by atoms with Crippen LogP contribution in [0, 0.1) is 0 Å². The first-order valence-electron chi connectivity index (χ1n) is 11.3. The molecule has 180 valence electrons. The van der Waals surface area contributed by atoms with Crippen molar-refractivity contribution in [3.05, 3.63) is 123 Å². The van der Waals surface area contributed by atoms with E-state index in [1.54, 1.807) is 35.2 Å². The summed E-state index contributed by atoms with van der Waals surface area (Å²) in [4.78, 5) is 29.0. The Balaban J connectivity index is 1.26. The highest BCUT2D eigenvalue weighted by molar-refractivity contribution is 6.31. The van der Waals surface area contributed by atoms with Crippen LogP contribution in [0.5, 0.6) is 0 Å². The topological polar surface area (TPSA) is 119 Å². The largest absolute Gasteiger partial charge is 0.398 e. The molecule has 9 heteroatoms. The number of nitrogens with zero attached hydrogens (tertiary/aromatic N) is 3. The average molecular weight is 499 g/mol. The Morgan fingerprint density at radius 2 is 1.94 bits per heavy atom. The molecule has 3 heterocycles. The van der Waals surface area contributed by atoms with E-state index in [-0.39, 0.29) is 18.0 Å². The van der Waals surface area contributed by atoms with Gasteiger partial charge in [0.2, 0.25) is 0 Å². The number of nitrogens with two attached hydrogens (primary N) is 1. The number of anilines is 1. The molecule has 0 atom stereocenters. The summed E-state index contributed by atoms with van der Waals surface area (Å²) in [6.07, 6.45) is 5.52. The summed E-state index contributed by atoms with van der Waals surface area (Å²) in [7, 11) is 0. The van der Waals surface area contributed by atoms with Gasteiger partial charge in [0.15, 0.2) is 0 Å². The number of nitrogens with one attached hydrogen (secondary N) is 2. The third-order valence-electron chi connectivity index (χ3n) is 5.93. The number of H-pyrrole nitrogens is 1. The van der Waals surface area contributed by atoms with Crippen LogP contribution in [0.2, 0.25) is 5.02 Å². The van der Waals surface area contributed by atoms with E-state index in [0.29, 0.717) is 34.9 Å². The molecule has 2 aromatic carbocycles. The molecule has 0 saturated heterocycles. The van der Waals surface area contributed by atoms with Gasteiger partial charge in [-0.2, -0.15) is 5.10 Å². The number of benzene rings is 2. The second kappa shape index (κ2) is 10.1. The van der Waals surface area contributed by atoms with Gasteiger partial charge in [-0.25, -0.2) is 0 Å². The molecule has 0 bridgehead atoms. The van der Waals surface area contributed by atoms with Gasteiger partial charge in [0.1, 0.15) is 0 Å². The molecule has 0 aliphatic carbocycles. The minimum Gasteiger partial charge on any atom is -0.398 e. The van der Waals surface area contributed by atoms with E-state index in [1.165, 1.54) is 12.3 Å². The molecule has 8 nitrogen and oxygen atoms in total. The molecule has 0 aliphatic heterocycles. The van der Waals surface area contributed by atoms with Crippen LogP contribution in [0.1, 0.15) is 32.7 Å². The van der Waals surface area contributed by atoms with Gasteiger partial charge in [-0.15, -0.1) is 0 Å². The number of hydrogen-bond acceptors (Lipinski definition) is 5. The van der Waals surface area contributed by atoms with Crippen LogP contribution < -0.4 is 16.6 Å². The highest BCUT2D eigenvalue weighted by Gasteiger charge is 2.12. The normalized spacial score (nSPS) is 11.0. The van der Waals surface area contributed by atoms with Crippen LogP contribution in [-0.4, -0.2) is 25.7 Å². The molecule has 1 amide bonds. The van der Waals surface area contributed by atoms with Gasteiger partial charge in [0.05, 0.1) is 29.9 Å². The van der Waals surface area contributed by atoms with E-state index in [1.807, 2.05) is 36.4 Å². The zero-order valence-corrected chi connectivity index (χ0v) is 20.0. The van der Waals surface area contributed by atoms with Gasteiger partial charge in [-0.3, -0.25) is 19.7 Å². The predicted octanol–water partition coefficient (Wildman–Crippen LogP) is 3.92. The van der Waals surface area contributed by atoms with Crippen LogP contribution in [0.4, 0.5) is 5.69 Å². The van der Waals surface area contributed by atoms with Gasteiger partial charge in [0.25, 0.3) is 11.5 Å². The molecule has 3 aromatic heterocycles. The number of carbonyl (C=O) groups excluding carboxylic acids is 1. The minimum absolute atomic E-state index is 0.0643. The average Bonchev–Trinajstić information content (AvgIpc) is 3.28. The van der Waals surface area contributed by atoms with Crippen molar-refractivity contribution >= 4 is 34.1 Å². The molecule has 5 aromatic rings. The Labute approximate surface area is 211 Å². The van der Waals surface area contributed by atoms with Crippen molar-refractivity contribution in [3.63, 3.8) is 0 Å². The Hall–Kier alpha value is -4.43. The number of nitrogen functional groups attached to an aromatic ring is 1. The lowest BCUT2D eigenvalue weighted by Crippen LogP contribution is -2.23. The summed E-state index contributed by atoms with van der Waals surface area (Å²) >= 11 is 6.09. The predicted molar refractivity (Wildman–Crippen MR) is 140 cm³/mol. The maximum absolute atomic E-state index is 12.8. The molecule has 0 spiro atoms. The van der Waals surface area contributed by atoms with Gasteiger partial charge in [-0.05, 0) is 53.1 Å². The second-order valence-electron chi connectivity index (χ2n) is 8.50. The number of aromatic nitrogens is 4. The number of pyridine rings is 2. The van der Waals surface area contributed by atoms with Crippen molar-refractivity contribution in [2.45, 2.75) is 19.5 Å². The lowest BCUT2D eigenvalue weighted by Gasteiger charge is -2.11. The van der Waals surface area contributed by atoms with Crippen LogP contribution in [-0.2, 0) is 19.5 Å². The lowest BCUT2D eigenvalue weighted by molar-refractivity contribution is 0.0950. The highest BCUT2D eigenvalue weighted by Crippen LogP contribution is 2.21. The van der Waals surface area contributed by atoms with Crippen molar-refractivity contribution in [2.75, 3.05) is 5.73 Å². The zero-order valence-electron chi connectivity index (χ0n) is 19.2. The molecule has 0 saturated carbocycles. The molecule has 4 N–H and O–H groups in total. The third-order valence-corrected chi connectivity index (χ3v) is 6.17. The molecule has 5 rings (SSSR count). The number of hydrogen-bond donors (Lipinski definition) is 3. The molecule has 36 heavy (non-hydrogen) atoms. The van der Waals surface area contributed by atoms with Crippen LogP contribution in [0.15, 0.2) is 84.0 Å². The smallest absolute Gasteiger partial charge is 0.253 e. The summed E-state index contributed by atoms with van der Waals surface area (Å²) in [6.45, 7) is 0.696. The molecule has 0 unspecified atom stereocenters. The fourth-order valence-corrected chi connectivity index (χ4v) is 4.23. The Morgan fingerprint density at radius 3 is 2.78 bits per heavy atom. The summed E-state index contributed by atoms with van der Waals surface area (Å²) in [6, 6.07) is 18.1. The Morgan fingerprint density at radius 1 is 1.06 bits per heavy atom. The van der Waals surface area contributed by atoms with Gasteiger partial charge >= 0.3 is 0 Å². The van der Waals surface area contributed by atoms with Gasteiger partial charge in [-0.1, -0.05) is 29.8 Å². The zero-order chi connectivity index (χ0) is 25.1. The maximum Gasteiger partial charge on any atom is 0.253 e. The van der Waals surface area contributed by atoms with Crippen molar-refractivity contribution in [1.29, 1.82) is 0 Å². The first-order chi connectivity index (χ1) is 17.5. The Kier molecular flexibility index (Phi) is 6.51. The lowest BCUT2D eigenvalue weighted by atomic mass is 10.0. The van der Waals surface area contributed by atoms with Crippen molar-refractivity contribution in [1.82, 2.24) is 25.1 Å². The first-order valence-corrected chi connectivity index (χ1v) is 11.7. The summed E-state index contributed by atoms with van der Waals surface area (Å²) < 4.78 is 1.63. The first kappa shape index (κ1) is 23.3. The van der Waals surface area contributed by atoms with Crippen molar-refractivity contribution < 1.29 is 4.79 Å². The number of aromatic amines is 1. The molecule has 0 radical (unpaired) electrons. The van der Waals surface area contributed by atoms with E-state index in [0.717, 1.165) is 27.6 Å². The number of halogens is 1. The number of amides is 1. The quantitative estimate of drug-likeness (QED) is 0.294. The van der Waals surface area contributed by atoms with Gasteiger partial charge in [0, 0.05) is 47.2 Å². The highest BCUT2D eigenvalue weighted by atomic mass is 35.5. The summed E-state index contributed by atoms with van der Waals surface area (Å²) in [5.74, 6) is -0.251. The SMILES string of the molecule is Nc1cc(Cn2ccccc2=O)ccc1Cc1cncc(C(=O)NCc2n[nH]c3ccc(Cl)cc23)c1. The van der Waals surface area contributed by atoms with E-state index in [2.05, 4.69) is 20.5 Å². The van der Waals surface area contributed by atoms with Crippen LogP contribution in [0.3, 0.4) is 0 Å². The fourth-order valence-electron chi connectivity index (χ4n) is 4.06. The number of carbonyl (C=O) groups is 1. The second-order valence-corrected chi connectivity index (χ2v) is 8.94. The maximum atomic E-state index is 12.8. The van der Waals surface area contributed by atoms with Crippen molar-refractivity contribution in [2.24, 2.45) is 0 Å². The third kappa shape index (κ3) is 5.13. The monoisotopic (exact) mass is 498 g/mol. The summed E-state index contributed by atoms with van der Waals surface area (Å²) in [5.41, 5.74) is 11.6. The summed E-state index contributed by atoms with van der Waals surface area (Å²) in [5, 5.41) is 11.6. The van der Waals surface area contributed by atoms with E-state index >= 15 is 0 Å². The van der Waals surface area contributed by atoms with Crippen LogP contribution >= 0.6 is 11.6 Å². The molecular weight excluding hydrogens is 476 g/mol. The molecule has 0 aliphatic rings. The minimum atomic E-state index is -0.251. The fraction of sp³-hybridized carbons (Fsp3) is 0.111. The van der Waals surface area contributed by atoms with E-state index < -0.39 is 0 Å². The Bertz CT molecular complexity index is 1620. The standard InChI is InChI=1S/C27H23ClN6O2/c28-21-6-7-24-22(12-21)25(33-32-24)15-31-27(36)20-10-18(13-30-14-20)9-19-5-4-17(11-23(19)29)16-34-8-2-1-3-26(34)35/h1-8,10-14H,9,15-16,29H2,(H,31,36)(H,32,33). The van der Waals surface area contributed by atoms with E-state index in [9.17, 15) is 9.59 Å². The molecular formula is C27H23ClN6O2. The van der Waals surface area contributed by atoms with Gasteiger partial charge < -0.3 is 15.6 Å². The van der Waals surface area contributed by atoms with Crippen LogP contribution in [0.25, 0.3) is 10.9 Å². The molecule has 0 fully saturated rings. The number of rotatable bonds is 7. The number of fused-ring (bicyclic) bond motifs is 1. The van der Waals surface area contributed by atoms with E-state index in [4.69, 9.17) is 17.3 Å².